The maximum atomic E-state index is 13.5. The molecule has 1 amide bonds. The molecule has 1 N–H and O–H groups in total. The number of halogens is 2. The van der Waals surface area contributed by atoms with Gasteiger partial charge in [0.05, 0.1) is 29.9 Å². The van der Waals surface area contributed by atoms with Gasteiger partial charge in [0.25, 0.3) is 11.7 Å². The van der Waals surface area contributed by atoms with E-state index in [9.17, 15) is 19.1 Å². The lowest BCUT2D eigenvalue weighted by Crippen LogP contribution is -2.31. The van der Waals surface area contributed by atoms with E-state index in [1.165, 1.54) is 48.4 Å². The Bertz CT molecular complexity index is 1040. The van der Waals surface area contributed by atoms with Crippen LogP contribution in [0.1, 0.15) is 37.4 Å². The maximum absolute atomic E-state index is 13.5. The zero-order valence-corrected chi connectivity index (χ0v) is 18.9. The molecule has 8 heteroatoms. The molecule has 0 aliphatic carbocycles. The number of Topliss-reactive ketones (excluding diaryl/α,β-unsaturated/α-hetero) is 1. The van der Waals surface area contributed by atoms with Gasteiger partial charge in [0.2, 0.25) is 0 Å². The second-order valence-corrected chi connectivity index (χ2v) is 8.07. The van der Waals surface area contributed by atoms with E-state index < -0.39 is 29.3 Å². The largest absolute Gasteiger partial charge is 0.507 e. The van der Waals surface area contributed by atoms with Gasteiger partial charge in [0.15, 0.2) is 0 Å². The number of amides is 1. The number of aliphatic hydroxyl groups excluding tert-OH is 1. The second-order valence-electron chi connectivity index (χ2n) is 7.66. The average Bonchev–Trinajstić information content (AvgIpc) is 3.02. The Labute approximate surface area is 191 Å². The van der Waals surface area contributed by atoms with Crippen LogP contribution in [-0.2, 0) is 14.3 Å². The van der Waals surface area contributed by atoms with Crippen molar-refractivity contribution in [2.24, 2.45) is 0 Å². The van der Waals surface area contributed by atoms with Crippen LogP contribution in [0.25, 0.3) is 5.76 Å². The van der Waals surface area contributed by atoms with E-state index in [0.29, 0.717) is 24.3 Å². The summed E-state index contributed by atoms with van der Waals surface area (Å²) >= 11 is 6.27. The first-order valence-corrected chi connectivity index (χ1v) is 10.6. The summed E-state index contributed by atoms with van der Waals surface area (Å²) in [6.07, 6.45) is 0.525. The molecule has 170 valence electrons. The van der Waals surface area contributed by atoms with Crippen LogP contribution in [0.15, 0.2) is 48.0 Å². The quantitative estimate of drug-likeness (QED) is 0.266. The highest BCUT2D eigenvalue weighted by atomic mass is 35.5. The van der Waals surface area contributed by atoms with E-state index in [2.05, 4.69) is 0 Å². The number of carbonyl (C=O) groups is 2. The van der Waals surface area contributed by atoms with Gasteiger partial charge in [-0.3, -0.25) is 9.59 Å². The number of methoxy groups -OCH3 is 1. The van der Waals surface area contributed by atoms with Gasteiger partial charge in [-0.15, -0.1) is 0 Å². The minimum atomic E-state index is -0.892. The summed E-state index contributed by atoms with van der Waals surface area (Å²) in [5, 5.41) is 11.3. The Morgan fingerprint density at radius 2 is 1.88 bits per heavy atom. The van der Waals surface area contributed by atoms with Crippen molar-refractivity contribution in [3.8, 4) is 5.75 Å². The van der Waals surface area contributed by atoms with E-state index in [1.807, 2.05) is 13.8 Å². The maximum Gasteiger partial charge on any atom is 0.295 e. The first kappa shape index (κ1) is 23.8. The number of nitrogens with zero attached hydrogens (tertiary/aromatic N) is 1. The first-order chi connectivity index (χ1) is 15.2. The van der Waals surface area contributed by atoms with E-state index >= 15 is 0 Å². The highest BCUT2D eigenvalue weighted by Gasteiger charge is 2.46. The molecule has 1 atom stereocenters. The lowest BCUT2D eigenvalue weighted by Gasteiger charge is -2.25. The third kappa shape index (κ3) is 4.95. The van der Waals surface area contributed by atoms with Crippen molar-refractivity contribution in [1.29, 1.82) is 0 Å². The summed E-state index contributed by atoms with van der Waals surface area (Å²) in [7, 11) is 1.46. The normalized spacial score (nSPS) is 17.9. The van der Waals surface area contributed by atoms with Gasteiger partial charge in [-0.1, -0.05) is 23.7 Å². The van der Waals surface area contributed by atoms with Crippen LogP contribution in [0.5, 0.6) is 5.75 Å². The van der Waals surface area contributed by atoms with Crippen molar-refractivity contribution in [2.45, 2.75) is 32.4 Å². The number of aliphatic hydroxyl groups is 1. The predicted octanol–water partition coefficient (Wildman–Crippen LogP) is 4.72. The van der Waals surface area contributed by atoms with Crippen molar-refractivity contribution >= 4 is 29.1 Å². The SMILES string of the molecule is COc1ccc(Cl)c(/C(O)=C2\C(=O)C(=O)N(CCCOC(C)C)C2c2ccc(F)cc2)c1. The van der Waals surface area contributed by atoms with Gasteiger partial charge in [-0.05, 0) is 56.2 Å². The Hall–Kier alpha value is -2.90. The number of benzene rings is 2. The molecule has 1 fully saturated rings. The molecule has 1 aliphatic rings. The minimum Gasteiger partial charge on any atom is -0.507 e. The Balaban J connectivity index is 2.08. The summed E-state index contributed by atoms with van der Waals surface area (Å²) in [5.41, 5.74) is 0.553. The van der Waals surface area contributed by atoms with Crippen LogP contribution in [0.2, 0.25) is 5.02 Å². The van der Waals surface area contributed by atoms with Gasteiger partial charge in [-0.2, -0.15) is 0 Å². The molecule has 2 aromatic rings. The first-order valence-electron chi connectivity index (χ1n) is 10.2. The van der Waals surface area contributed by atoms with Crippen LogP contribution < -0.4 is 4.74 Å². The molecular formula is C24H25ClFNO5. The van der Waals surface area contributed by atoms with Crippen molar-refractivity contribution in [1.82, 2.24) is 4.90 Å². The molecule has 1 heterocycles. The number of hydrogen-bond donors (Lipinski definition) is 1. The van der Waals surface area contributed by atoms with Gasteiger partial charge in [0, 0.05) is 18.7 Å². The summed E-state index contributed by atoms with van der Waals surface area (Å²) < 4.78 is 24.3. The van der Waals surface area contributed by atoms with E-state index in [4.69, 9.17) is 21.1 Å². The minimum absolute atomic E-state index is 0.0357. The highest BCUT2D eigenvalue weighted by molar-refractivity contribution is 6.47. The van der Waals surface area contributed by atoms with Gasteiger partial charge >= 0.3 is 0 Å². The van der Waals surface area contributed by atoms with Crippen molar-refractivity contribution in [2.75, 3.05) is 20.3 Å². The molecule has 32 heavy (non-hydrogen) atoms. The van der Waals surface area contributed by atoms with E-state index in [1.54, 1.807) is 6.07 Å². The highest BCUT2D eigenvalue weighted by Crippen LogP contribution is 2.41. The molecule has 0 bridgehead atoms. The standard InChI is InChI=1S/C24H25ClFNO5/c1-14(2)32-12-4-11-27-21(15-5-7-16(26)8-6-15)20(23(29)24(27)30)22(28)18-13-17(31-3)9-10-19(18)25/h5-10,13-14,21,28H,4,11-12H2,1-3H3/b22-20+. The molecule has 0 radical (unpaired) electrons. The third-order valence-electron chi connectivity index (χ3n) is 5.15. The Kier molecular flexibility index (Phi) is 7.53. The van der Waals surface area contributed by atoms with Gasteiger partial charge in [-0.25, -0.2) is 4.39 Å². The number of hydrogen-bond acceptors (Lipinski definition) is 5. The smallest absolute Gasteiger partial charge is 0.295 e. The van der Waals surface area contributed by atoms with E-state index in [0.717, 1.165) is 0 Å². The number of rotatable bonds is 8. The molecule has 6 nitrogen and oxygen atoms in total. The van der Waals surface area contributed by atoms with Crippen LogP contribution in [0.4, 0.5) is 4.39 Å². The lowest BCUT2D eigenvalue weighted by molar-refractivity contribution is -0.140. The number of likely N-dealkylation sites (tertiary alicyclic amines) is 1. The Morgan fingerprint density at radius 3 is 2.50 bits per heavy atom. The van der Waals surface area contributed by atoms with E-state index in [-0.39, 0.29) is 28.8 Å². The van der Waals surface area contributed by atoms with Crippen molar-refractivity contribution in [3.05, 3.63) is 70.0 Å². The van der Waals surface area contributed by atoms with Crippen LogP contribution >= 0.6 is 11.6 Å². The monoisotopic (exact) mass is 461 g/mol. The average molecular weight is 462 g/mol. The van der Waals surface area contributed by atoms with Crippen molar-refractivity contribution in [3.63, 3.8) is 0 Å². The molecule has 1 unspecified atom stereocenters. The molecular weight excluding hydrogens is 437 g/mol. The molecule has 0 aromatic heterocycles. The van der Waals surface area contributed by atoms with Crippen LogP contribution in [0.3, 0.4) is 0 Å². The molecule has 0 saturated carbocycles. The van der Waals surface area contributed by atoms with Gasteiger partial charge in [0.1, 0.15) is 17.3 Å². The topological polar surface area (TPSA) is 76.1 Å². The summed E-state index contributed by atoms with van der Waals surface area (Å²) in [6.45, 7) is 4.44. The molecule has 1 saturated heterocycles. The molecule has 2 aromatic carbocycles. The lowest BCUT2D eigenvalue weighted by atomic mass is 9.95. The fourth-order valence-corrected chi connectivity index (χ4v) is 3.82. The summed E-state index contributed by atoms with van der Waals surface area (Å²) in [4.78, 5) is 27.3. The zero-order valence-electron chi connectivity index (χ0n) is 18.1. The molecule has 3 rings (SSSR count). The van der Waals surface area contributed by atoms with Crippen molar-refractivity contribution < 1.29 is 28.6 Å². The number of carbonyl (C=O) groups excluding carboxylic acids is 2. The predicted molar refractivity (Wildman–Crippen MR) is 119 cm³/mol. The molecule has 1 aliphatic heterocycles. The summed E-state index contributed by atoms with van der Waals surface area (Å²) in [6, 6.07) is 9.21. The zero-order chi connectivity index (χ0) is 23.4. The van der Waals surface area contributed by atoms with Gasteiger partial charge < -0.3 is 19.5 Å². The number of ether oxygens (including phenoxy) is 2. The van der Waals surface area contributed by atoms with Crippen LogP contribution in [0, 0.1) is 5.82 Å². The molecule has 0 spiro atoms. The van der Waals surface area contributed by atoms with Crippen LogP contribution in [-0.4, -0.2) is 48.1 Å². The third-order valence-corrected chi connectivity index (χ3v) is 5.48. The fourth-order valence-electron chi connectivity index (χ4n) is 3.61. The Morgan fingerprint density at radius 1 is 1.19 bits per heavy atom. The number of ketones is 1. The second kappa shape index (κ2) is 10.1. The summed E-state index contributed by atoms with van der Waals surface area (Å²) in [5.74, 6) is -2.02. The fraction of sp³-hybridized carbons (Fsp3) is 0.333.